The minimum absolute atomic E-state index is 0.147. The molecule has 0 aromatic rings. The highest BCUT2D eigenvalue weighted by molar-refractivity contribution is 5.07. The molecule has 0 bridgehead atoms. The second kappa shape index (κ2) is 5.10. The van der Waals surface area contributed by atoms with Crippen molar-refractivity contribution in [1.82, 2.24) is 10.3 Å². The van der Waals surface area contributed by atoms with Gasteiger partial charge in [0.2, 0.25) is 0 Å². The van der Waals surface area contributed by atoms with Gasteiger partial charge in [-0.1, -0.05) is 25.8 Å². The lowest BCUT2D eigenvalue weighted by Crippen LogP contribution is -2.61. The van der Waals surface area contributed by atoms with Crippen LogP contribution in [0.4, 0.5) is 0 Å². The maximum Gasteiger partial charge on any atom is 0.0572 e. The van der Waals surface area contributed by atoms with Crippen LogP contribution in [0.5, 0.6) is 0 Å². The first-order valence-corrected chi connectivity index (χ1v) is 5.83. The molecule has 88 valence electrons. The number of nitrogens with two attached hydrogens (primary N) is 1. The van der Waals surface area contributed by atoms with E-state index < -0.39 is 0 Å². The van der Waals surface area contributed by atoms with E-state index in [9.17, 15) is 0 Å². The summed E-state index contributed by atoms with van der Waals surface area (Å²) in [5, 5.41) is 0. The van der Waals surface area contributed by atoms with E-state index in [2.05, 4.69) is 37.9 Å². The fourth-order valence-electron chi connectivity index (χ4n) is 2.97. The topological polar surface area (TPSA) is 41.3 Å². The van der Waals surface area contributed by atoms with Gasteiger partial charge in [0.05, 0.1) is 6.04 Å². The molecule has 15 heavy (non-hydrogen) atoms. The molecule has 0 aromatic carbocycles. The molecule has 0 amide bonds. The van der Waals surface area contributed by atoms with Crippen molar-refractivity contribution in [3.8, 4) is 0 Å². The number of rotatable bonds is 4. The highest BCUT2D eigenvalue weighted by Crippen LogP contribution is 2.38. The van der Waals surface area contributed by atoms with Gasteiger partial charge >= 0.3 is 0 Å². The minimum atomic E-state index is 0.147. The van der Waals surface area contributed by atoms with Crippen molar-refractivity contribution in [2.24, 2.45) is 11.8 Å². The molecular weight excluding hydrogens is 186 g/mol. The van der Waals surface area contributed by atoms with Crippen LogP contribution >= 0.6 is 0 Å². The van der Waals surface area contributed by atoms with E-state index in [1.807, 2.05) is 6.08 Å². The smallest absolute Gasteiger partial charge is 0.0572 e. The van der Waals surface area contributed by atoms with Crippen LogP contribution in [0.1, 0.15) is 32.6 Å². The summed E-state index contributed by atoms with van der Waals surface area (Å²) in [6.45, 7) is 6.22. The molecule has 1 aliphatic rings. The fraction of sp³-hybridized carbons (Fsp3) is 0.833. The lowest BCUT2D eigenvalue weighted by molar-refractivity contribution is 0.0526. The Labute approximate surface area is 93.7 Å². The molecule has 3 atom stereocenters. The molecule has 0 spiro atoms. The zero-order valence-corrected chi connectivity index (χ0v) is 10.3. The SMILES string of the molecule is C=CC(NN)C1(N(C)C)CCCC(C)C1. The molecule has 3 N–H and O–H groups in total. The fourth-order valence-corrected chi connectivity index (χ4v) is 2.97. The largest absolute Gasteiger partial charge is 0.302 e. The maximum absolute atomic E-state index is 5.63. The van der Waals surface area contributed by atoms with E-state index in [1.54, 1.807) is 0 Å². The van der Waals surface area contributed by atoms with Crippen molar-refractivity contribution in [2.75, 3.05) is 14.1 Å². The first-order chi connectivity index (χ1) is 7.06. The highest BCUT2D eigenvalue weighted by atomic mass is 15.3. The summed E-state index contributed by atoms with van der Waals surface area (Å²) in [6, 6.07) is 0.176. The third-order valence-electron chi connectivity index (χ3n) is 3.89. The Balaban J connectivity index is 2.90. The number of hydrazine groups is 1. The average Bonchev–Trinajstić information content (AvgIpc) is 2.19. The third-order valence-corrected chi connectivity index (χ3v) is 3.89. The summed E-state index contributed by atoms with van der Waals surface area (Å²) in [6.07, 6.45) is 6.96. The van der Waals surface area contributed by atoms with Gasteiger partial charge in [-0.25, -0.2) is 0 Å². The van der Waals surface area contributed by atoms with Crippen LogP contribution in [-0.2, 0) is 0 Å². The van der Waals surface area contributed by atoms with Crippen molar-refractivity contribution in [3.05, 3.63) is 12.7 Å². The normalized spacial score (nSPS) is 34.1. The van der Waals surface area contributed by atoms with Gasteiger partial charge in [0.15, 0.2) is 0 Å². The molecule has 0 saturated heterocycles. The first-order valence-electron chi connectivity index (χ1n) is 5.83. The Morgan fingerprint density at radius 3 is 2.67 bits per heavy atom. The van der Waals surface area contributed by atoms with E-state index in [0.717, 1.165) is 5.92 Å². The van der Waals surface area contributed by atoms with E-state index in [-0.39, 0.29) is 11.6 Å². The van der Waals surface area contributed by atoms with Crippen molar-refractivity contribution >= 4 is 0 Å². The highest BCUT2D eigenvalue weighted by Gasteiger charge is 2.41. The van der Waals surface area contributed by atoms with Crippen molar-refractivity contribution in [3.63, 3.8) is 0 Å². The van der Waals surface area contributed by atoms with E-state index in [1.165, 1.54) is 25.7 Å². The van der Waals surface area contributed by atoms with Crippen LogP contribution in [-0.4, -0.2) is 30.6 Å². The van der Waals surface area contributed by atoms with Crippen LogP contribution in [0.3, 0.4) is 0 Å². The van der Waals surface area contributed by atoms with E-state index >= 15 is 0 Å². The van der Waals surface area contributed by atoms with E-state index in [0.29, 0.717) is 0 Å². The summed E-state index contributed by atoms with van der Waals surface area (Å²) < 4.78 is 0. The molecule has 3 nitrogen and oxygen atoms in total. The van der Waals surface area contributed by atoms with Gasteiger partial charge in [0, 0.05) is 5.54 Å². The number of likely N-dealkylation sites (N-methyl/N-ethyl adjacent to an activating group) is 1. The van der Waals surface area contributed by atoms with E-state index in [4.69, 9.17) is 5.84 Å². The predicted molar refractivity (Wildman–Crippen MR) is 65.4 cm³/mol. The zero-order chi connectivity index (χ0) is 11.5. The van der Waals surface area contributed by atoms with Crippen LogP contribution in [0.25, 0.3) is 0 Å². The van der Waals surface area contributed by atoms with Gasteiger partial charge in [-0.3, -0.25) is 11.3 Å². The molecule has 3 unspecified atom stereocenters. The Hall–Kier alpha value is -0.380. The summed E-state index contributed by atoms with van der Waals surface area (Å²) in [5.41, 5.74) is 3.05. The lowest BCUT2D eigenvalue weighted by Gasteiger charge is -2.49. The standard InChI is InChI=1S/C12H25N3/c1-5-11(14-13)12(15(3)4)8-6-7-10(2)9-12/h5,10-11,14H,1,6-9,13H2,2-4H3. The molecule has 1 fully saturated rings. The van der Waals surface area contributed by atoms with Gasteiger partial charge in [0.1, 0.15) is 0 Å². The molecule has 0 aromatic heterocycles. The molecular formula is C12H25N3. The van der Waals surface area contributed by atoms with Crippen LogP contribution < -0.4 is 11.3 Å². The van der Waals surface area contributed by atoms with Gasteiger partial charge in [-0.05, 0) is 32.9 Å². The quantitative estimate of drug-likeness (QED) is 0.421. The molecule has 0 heterocycles. The monoisotopic (exact) mass is 211 g/mol. The second-order valence-electron chi connectivity index (χ2n) is 5.08. The molecule has 1 rings (SSSR count). The molecule has 1 aliphatic carbocycles. The number of nitrogens with zero attached hydrogens (tertiary/aromatic N) is 1. The van der Waals surface area contributed by atoms with Crippen molar-refractivity contribution in [2.45, 2.75) is 44.2 Å². The van der Waals surface area contributed by atoms with Gasteiger partial charge < -0.3 is 4.90 Å². The Morgan fingerprint density at radius 2 is 2.27 bits per heavy atom. The summed E-state index contributed by atoms with van der Waals surface area (Å²) in [7, 11) is 4.29. The summed E-state index contributed by atoms with van der Waals surface area (Å²) in [5.74, 6) is 6.41. The third kappa shape index (κ3) is 2.41. The van der Waals surface area contributed by atoms with Crippen LogP contribution in [0.15, 0.2) is 12.7 Å². The molecule has 1 saturated carbocycles. The molecule has 0 radical (unpaired) electrons. The van der Waals surface area contributed by atoms with Gasteiger partial charge in [0.25, 0.3) is 0 Å². The summed E-state index contributed by atoms with van der Waals surface area (Å²) >= 11 is 0. The van der Waals surface area contributed by atoms with Crippen molar-refractivity contribution in [1.29, 1.82) is 0 Å². The lowest BCUT2D eigenvalue weighted by atomic mass is 9.71. The molecule has 3 heteroatoms. The molecule has 0 aliphatic heterocycles. The maximum atomic E-state index is 5.63. The number of hydrogen-bond donors (Lipinski definition) is 2. The number of hydrogen-bond acceptors (Lipinski definition) is 3. The van der Waals surface area contributed by atoms with Crippen LogP contribution in [0, 0.1) is 5.92 Å². The second-order valence-corrected chi connectivity index (χ2v) is 5.08. The van der Waals surface area contributed by atoms with Crippen LogP contribution in [0.2, 0.25) is 0 Å². The first kappa shape index (κ1) is 12.7. The Morgan fingerprint density at radius 1 is 1.60 bits per heavy atom. The minimum Gasteiger partial charge on any atom is -0.302 e. The Bertz CT molecular complexity index is 215. The number of nitrogens with one attached hydrogen (secondary N) is 1. The Kier molecular flexibility index (Phi) is 4.32. The average molecular weight is 211 g/mol. The van der Waals surface area contributed by atoms with Crippen molar-refractivity contribution < 1.29 is 0 Å². The van der Waals surface area contributed by atoms with Gasteiger partial charge in [-0.15, -0.1) is 6.58 Å². The van der Waals surface area contributed by atoms with Gasteiger partial charge in [-0.2, -0.15) is 0 Å². The zero-order valence-electron chi connectivity index (χ0n) is 10.3. The summed E-state index contributed by atoms with van der Waals surface area (Å²) in [4.78, 5) is 2.31. The predicted octanol–water partition coefficient (Wildman–Crippen LogP) is 1.51.